The first-order chi connectivity index (χ1) is 11.1. The molecule has 5 nitrogen and oxygen atoms in total. The molecule has 132 valence electrons. The van der Waals surface area contributed by atoms with Gasteiger partial charge in [0.15, 0.2) is 5.11 Å². The number of ether oxygens (including phenoxy) is 1. The number of nitrogens with zero attached hydrogens (tertiary/aromatic N) is 1. The maximum absolute atomic E-state index is 12.4. The van der Waals surface area contributed by atoms with E-state index in [4.69, 9.17) is 17.0 Å². The van der Waals surface area contributed by atoms with Crippen LogP contribution in [0.3, 0.4) is 0 Å². The van der Waals surface area contributed by atoms with E-state index in [-0.39, 0.29) is 17.4 Å². The summed E-state index contributed by atoms with van der Waals surface area (Å²) in [6.45, 7) is 8.13. The Morgan fingerprint density at radius 1 is 1.38 bits per heavy atom. The lowest BCUT2D eigenvalue weighted by Gasteiger charge is -2.25. The van der Waals surface area contributed by atoms with Crippen molar-refractivity contribution in [2.24, 2.45) is 5.92 Å². The number of fused-ring (bicyclic) bond motifs is 1. The fraction of sp³-hybridized carbons (Fsp3) is 0.556. The second-order valence-corrected chi connectivity index (χ2v) is 7.76. The van der Waals surface area contributed by atoms with Crippen LogP contribution in [-0.2, 0) is 11.2 Å². The molecular weight excluding hydrogens is 322 g/mol. The van der Waals surface area contributed by atoms with E-state index in [1.807, 2.05) is 26.1 Å². The highest BCUT2D eigenvalue weighted by atomic mass is 32.1. The van der Waals surface area contributed by atoms with E-state index in [1.165, 1.54) is 0 Å². The quantitative estimate of drug-likeness (QED) is 0.802. The fourth-order valence-electron chi connectivity index (χ4n) is 2.83. The van der Waals surface area contributed by atoms with E-state index < -0.39 is 0 Å². The van der Waals surface area contributed by atoms with Gasteiger partial charge in [-0.15, -0.1) is 0 Å². The molecule has 0 aliphatic carbocycles. The lowest BCUT2D eigenvalue weighted by Crippen LogP contribution is -2.43. The Labute approximate surface area is 149 Å². The molecule has 1 aliphatic heterocycles. The smallest absolute Gasteiger partial charge is 0.229 e. The van der Waals surface area contributed by atoms with Crippen LogP contribution in [0.2, 0.25) is 0 Å². The van der Waals surface area contributed by atoms with Crippen molar-refractivity contribution in [2.45, 2.75) is 46.1 Å². The summed E-state index contributed by atoms with van der Waals surface area (Å²) in [6.07, 6.45) is 1.69. The summed E-state index contributed by atoms with van der Waals surface area (Å²) in [5.41, 5.74) is 2.72. The summed E-state index contributed by atoms with van der Waals surface area (Å²) in [5, 5.41) is 7.00. The van der Waals surface area contributed by atoms with E-state index in [9.17, 15) is 4.79 Å². The number of rotatable bonds is 2. The molecule has 0 radical (unpaired) electrons. The molecule has 24 heavy (non-hydrogen) atoms. The van der Waals surface area contributed by atoms with Crippen molar-refractivity contribution in [3.63, 3.8) is 0 Å². The van der Waals surface area contributed by atoms with Crippen LogP contribution in [0.15, 0.2) is 12.1 Å². The Morgan fingerprint density at radius 2 is 2.04 bits per heavy atom. The molecule has 1 aromatic carbocycles. The Morgan fingerprint density at radius 3 is 2.62 bits per heavy atom. The first-order valence-corrected chi connectivity index (χ1v) is 8.61. The zero-order chi connectivity index (χ0) is 18.1. The predicted octanol–water partition coefficient (Wildman–Crippen LogP) is 3.33. The number of methoxy groups -OCH3 is 1. The number of aryl methyl sites for hydroxylation is 1. The van der Waals surface area contributed by atoms with Crippen LogP contribution in [0.5, 0.6) is 5.75 Å². The standard InChI is InChI=1S/C18H27N3O2S/c1-11-7-8-12-9-13(19-17(24)20-18(2,3)4)15(23-6)10-14(12)21(5)16(11)22/h9-11H,7-8H2,1-6H3,(H2,19,20,24). The van der Waals surface area contributed by atoms with Gasteiger partial charge >= 0.3 is 0 Å². The van der Waals surface area contributed by atoms with Crippen LogP contribution in [0.4, 0.5) is 11.4 Å². The van der Waals surface area contributed by atoms with Gasteiger partial charge in [-0.2, -0.15) is 0 Å². The van der Waals surface area contributed by atoms with E-state index >= 15 is 0 Å². The molecule has 0 saturated heterocycles. The van der Waals surface area contributed by atoms with Gasteiger partial charge in [0.1, 0.15) is 5.75 Å². The van der Waals surface area contributed by atoms with Crippen molar-refractivity contribution in [3.8, 4) is 5.75 Å². The molecule has 1 unspecified atom stereocenters. The Bertz CT molecular complexity index is 652. The van der Waals surface area contributed by atoms with Gasteiger partial charge in [-0.25, -0.2) is 0 Å². The summed E-state index contributed by atoms with van der Waals surface area (Å²) in [6, 6.07) is 3.94. The van der Waals surface area contributed by atoms with Crippen molar-refractivity contribution in [1.29, 1.82) is 0 Å². The molecule has 2 rings (SSSR count). The van der Waals surface area contributed by atoms with Crippen LogP contribution in [0, 0.1) is 5.92 Å². The number of thiocarbonyl (C=S) groups is 1. The molecule has 1 heterocycles. The molecule has 1 atom stereocenters. The van der Waals surface area contributed by atoms with Gasteiger partial charge < -0.3 is 20.3 Å². The lowest BCUT2D eigenvalue weighted by atomic mass is 10.0. The zero-order valence-electron chi connectivity index (χ0n) is 15.3. The van der Waals surface area contributed by atoms with Crippen LogP contribution < -0.4 is 20.3 Å². The molecular formula is C18H27N3O2S. The molecule has 2 N–H and O–H groups in total. The van der Waals surface area contributed by atoms with E-state index in [1.54, 1.807) is 12.0 Å². The molecule has 0 spiro atoms. The normalized spacial score (nSPS) is 17.8. The number of anilines is 2. The zero-order valence-corrected chi connectivity index (χ0v) is 16.1. The largest absolute Gasteiger partial charge is 0.494 e. The number of hydrogen-bond acceptors (Lipinski definition) is 3. The second kappa shape index (κ2) is 6.97. The van der Waals surface area contributed by atoms with Crippen molar-refractivity contribution >= 4 is 34.6 Å². The summed E-state index contributed by atoms with van der Waals surface area (Å²) < 4.78 is 5.51. The summed E-state index contributed by atoms with van der Waals surface area (Å²) in [5.74, 6) is 0.830. The summed E-state index contributed by atoms with van der Waals surface area (Å²) >= 11 is 5.39. The monoisotopic (exact) mass is 349 g/mol. The molecule has 0 saturated carbocycles. The first kappa shape index (κ1) is 18.5. The number of benzene rings is 1. The number of carbonyl (C=O) groups excluding carboxylic acids is 1. The second-order valence-electron chi connectivity index (χ2n) is 7.35. The number of hydrogen-bond donors (Lipinski definition) is 2. The van der Waals surface area contributed by atoms with Crippen LogP contribution in [0.1, 0.15) is 39.7 Å². The van der Waals surface area contributed by atoms with Crippen molar-refractivity contribution in [1.82, 2.24) is 5.32 Å². The van der Waals surface area contributed by atoms with Gasteiger partial charge in [0, 0.05) is 24.6 Å². The van der Waals surface area contributed by atoms with E-state index in [2.05, 4.69) is 31.4 Å². The van der Waals surface area contributed by atoms with Crippen molar-refractivity contribution < 1.29 is 9.53 Å². The average molecular weight is 350 g/mol. The number of nitrogens with one attached hydrogen (secondary N) is 2. The van der Waals surface area contributed by atoms with Gasteiger partial charge in [0.05, 0.1) is 18.5 Å². The maximum Gasteiger partial charge on any atom is 0.229 e. The third-order valence-corrected chi connectivity index (χ3v) is 4.30. The number of amides is 1. The summed E-state index contributed by atoms with van der Waals surface area (Å²) in [7, 11) is 3.44. The molecule has 1 aromatic rings. The van der Waals surface area contributed by atoms with E-state index in [0.717, 1.165) is 29.8 Å². The third-order valence-electron chi connectivity index (χ3n) is 4.10. The van der Waals surface area contributed by atoms with Gasteiger partial charge in [-0.3, -0.25) is 4.79 Å². The highest BCUT2D eigenvalue weighted by molar-refractivity contribution is 7.80. The number of carbonyl (C=O) groups is 1. The van der Waals surface area contributed by atoms with Crippen molar-refractivity contribution in [3.05, 3.63) is 17.7 Å². The van der Waals surface area contributed by atoms with Crippen LogP contribution in [0.25, 0.3) is 0 Å². The van der Waals surface area contributed by atoms with Gasteiger partial charge in [-0.1, -0.05) is 6.92 Å². The average Bonchev–Trinajstić information content (AvgIpc) is 2.57. The Kier molecular flexibility index (Phi) is 5.38. The topological polar surface area (TPSA) is 53.6 Å². The third kappa shape index (κ3) is 4.17. The summed E-state index contributed by atoms with van der Waals surface area (Å²) in [4.78, 5) is 14.1. The van der Waals surface area contributed by atoms with Crippen LogP contribution in [-0.4, -0.2) is 30.7 Å². The molecule has 0 bridgehead atoms. The molecule has 6 heteroatoms. The lowest BCUT2D eigenvalue weighted by molar-refractivity contribution is -0.121. The highest BCUT2D eigenvalue weighted by Gasteiger charge is 2.26. The highest BCUT2D eigenvalue weighted by Crippen LogP contribution is 2.36. The SMILES string of the molecule is COc1cc2c(cc1NC(=S)NC(C)(C)C)CCC(C)C(=O)N2C. The predicted molar refractivity (Wildman–Crippen MR) is 103 cm³/mol. The minimum atomic E-state index is -0.120. The van der Waals surface area contributed by atoms with Gasteiger partial charge in [-0.05, 0) is 57.5 Å². The maximum atomic E-state index is 12.4. The van der Waals surface area contributed by atoms with Gasteiger partial charge in [0.25, 0.3) is 0 Å². The molecule has 0 fully saturated rings. The van der Waals surface area contributed by atoms with Crippen molar-refractivity contribution in [2.75, 3.05) is 24.4 Å². The minimum Gasteiger partial charge on any atom is -0.494 e. The molecule has 1 amide bonds. The van der Waals surface area contributed by atoms with E-state index in [0.29, 0.717) is 10.9 Å². The first-order valence-electron chi connectivity index (χ1n) is 8.20. The Balaban J connectivity index is 2.35. The minimum absolute atomic E-state index is 0.0217. The molecule has 0 aromatic heterocycles. The Hall–Kier alpha value is -1.82. The van der Waals surface area contributed by atoms with Crippen LogP contribution >= 0.6 is 12.2 Å². The van der Waals surface area contributed by atoms with Gasteiger partial charge in [0.2, 0.25) is 5.91 Å². The fourth-order valence-corrected chi connectivity index (χ4v) is 3.25. The molecule has 1 aliphatic rings.